The summed E-state index contributed by atoms with van der Waals surface area (Å²) < 4.78 is 0. The van der Waals surface area contributed by atoms with Gasteiger partial charge in [0.05, 0.1) is 17.2 Å². The molecule has 1 aromatic rings. The molecule has 2 rings (SSSR count). The first kappa shape index (κ1) is 11.9. The van der Waals surface area contributed by atoms with Gasteiger partial charge in [-0.05, 0) is 12.2 Å². The zero-order valence-electron chi connectivity index (χ0n) is 9.23. The number of fused-ring (bicyclic) bond motifs is 1. The molecule has 0 aliphatic heterocycles. The summed E-state index contributed by atoms with van der Waals surface area (Å²) in [5.74, 6) is -0.0504. The van der Waals surface area contributed by atoms with Crippen molar-refractivity contribution in [2.24, 2.45) is 5.73 Å². The van der Waals surface area contributed by atoms with Crippen molar-refractivity contribution in [3.05, 3.63) is 21.7 Å². The van der Waals surface area contributed by atoms with Crippen LogP contribution in [0.2, 0.25) is 0 Å². The van der Waals surface area contributed by atoms with Crippen molar-refractivity contribution in [3.8, 4) is 0 Å². The first-order chi connectivity index (χ1) is 8.19. The van der Waals surface area contributed by atoms with Crippen LogP contribution in [0.3, 0.4) is 0 Å². The van der Waals surface area contributed by atoms with Crippen LogP contribution in [0.15, 0.2) is 6.08 Å². The highest BCUT2D eigenvalue weighted by molar-refractivity contribution is 7.12. The van der Waals surface area contributed by atoms with E-state index >= 15 is 0 Å². The van der Waals surface area contributed by atoms with E-state index in [1.54, 1.807) is 12.2 Å². The van der Waals surface area contributed by atoms with Gasteiger partial charge in [0.15, 0.2) is 5.78 Å². The molecule has 0 atom stereocenters. The Morgan fingerprint density at radius 2 is 2.35 bits per heavy atom. The molecule has 5 nitrogen and oxygen atoms in total. The van der Waals surface area contributed by atoms with Gasteiger partial charge in [-0.25, -0.2) is 4.98 Å². The fourth-order valence-electron chi connectivity index (χ4n) is 1.55. The van der Waals surface area contributed by atoms with E-state index in [0.717, 1.165) is 15.6 Å². The largest absolute Gasteiger partial charge is 0.355 e. The Balaban J connectivity index is 1.93. The molecule has 0 bridgehead atoms. The van der Waals surface area contributed by atoms with Crippen LogP contribution in [0.1, 0.15) is 15.6 Å². The Kier molecular flexibility index (Phi) is 3.65. The maximum absolute atomic E-state index is 11.2. The number of rotatable bonds is 4. The Morgan fingerprint density at radius 3 is 3.12 bits per heavy atom. The Hall–Kier alpha value is -1.53. The molecule has 0 saturated heterocycles. The standard InChI is InChI=1S/C11H13N3O2S/c12-6-10(16)13-4-3-11-14-8-2-1-7(15)5-9(8)17-11/h1-2H,3-6,12H2,(H,13,16). The van der Waals surface area contributed by atoms with E-state index in [1.165, 1.54) is 11.3 Å². The Labute approximate surface area is 103 Å². The number of ketones is 1. The minimum Gasteiger partial charge on any atom is -0.355 e. The zero-order valence-corrected chi connectivity index (χ0v) is 10.0. The number of hydrogen-bond donors (Lipinski definition) is 2. The van der Waals surface area contributed by atoms with Gasteiger partial charge in [0.25, 0.3) is 0 Å². The van der Waals surface area contributed by atoms with Gasteiger partial charge in [0.2, 0.25) is 5.91 Å². The molecule has 0 radical (unpaired) electrons. The number of aromatic nitrogens is 1. The fraction of sp³-hybridized carbons (Fsp3) is 0.364. The number of thiazole rings is 1. The molecule has 0 aromatic carbocycles. The van der Waals surface area contributed by atoms with E-state index in [4.69, 9.17) is 5.73 Å². The minimum atomic E-state index is -0.165. The number of nitrogens with zero attached hydrogens (tertiary/aromatic N) is 1. The van der Waals surface area contributed by atoms with Crippen molar-refractivity contribution in [3.63, 3.8) is 0 Å². The molecule has 0 spiro atoms. The lowest BCUT2D eigenvalue weighted by Crippen LogP contribution is -2.31. The van der Waals surface area contributed by atoms with Crippen molar-refractivity contribution in [2.45, 2.75) is 12.8 Å². The molecule has 0 fully saturated rings. The highest BCUT2D eigenvalue weighted by atomic mass is 32.1. The van der Waals surface area contributed by atoms with Crippen molar-refractivity contribution in [1.29, 1.82) is 0 Å². The number of allylic oxidation sites excluding steroid dienone is 1. The van der Waals surface area contributed by atoms with E-state index in [2.05, 4.69) is 10.3 Å². The monoisotopic (exact) mass is 251 g/mol. The van der Waals surface area contributed by atoms with Gasteiger partial charge in [-0.1, -0.05) is 0 Å². The fourth-order valence-corrected chi connectivity index (χ4v) is 2.61. The molecule has 6 heteroatoms. The lowest BCUT2D eigenvalue weighted by Gasteiger charge is -2.00. The Morgan fingerprint density at radius 1 is 1.53 bits per heavy atom. The second-order valence-electron chi connectivity index (χ2n) is 3.70. The van der Waals surface area contributed by atoms with Crippen LogP contribution in [-0.2, 0) is 22.4 Å². The smallest absolute Gasteiger partial charge is 0.233 e. The van der Waals surface area contributed by atoms with Gasteiger partial charge in [-0.3, -0.25) is 9.59 Å². The number of amides is 1. The van der Waals surface area contributed by atoms with Crippen molar-refractivity contribution < 1.29 is 9.59 Å². The number of hydrogen-bond acceptors (Lipinski definition) is 5. The van der Waals surface area contributed by atoms with E-state index in [1.807, 2.05) is 0 Å². The van der Waals surface area contributed by atoms with Crippen LogP contribution in [0, 0.1) is 0 Å². The maximum atomic E-state index is 11.2. The SMILES string of the molecule is NCC(=O)NCCc1nc2c(s1)CC(=O)C=C2. The summed E-state index contributed by atoms with van der Waals surface area (Å²) in [4.78, 5) is 27.5. The van der Waals surface area contributed by atoms with E-state index in [9.17, 15) is 9.59 Å². The van der Waals surface area contributed by atoms with E-state index in [0.29, 0.717) is 19.4 Å². The number of carbonyl (C=O) groups is 2. The average Bonchev–Trinajstić information content (AvgIpc) is 2.70. The first-order valence-corrected chi connectivity index (χ1v) is 6.17. The van der Waals surface area contributed by atoms with Crippen LogP contribution in [0.25, 0.3) is 6.08 Å². The van der Waals surface area contributed by atoms with Crippen LogP contribution < -0.4 is 11.1 Å². The molecule has 0 unspecified atom stereocenters. The highest BCUT2D eigenvalue weighted by Gasteiger charge is 2.15. The van der Waals surface area contributed by atoms with E-state index < -0.39 is 0 Å². The minimum absolute atomic E-state index is 0.00556. The third kappa shape index (κ3) is 2.98. The number of nitrogens with two attached hydrogens (primary N) is 1. The number of nitrogens with one attached hydrogen (secondary N) is 1. The summed E-state index contributed by atoms with van der Waals surface area (Å²) in [6, 6.07) is 0. The lowest BCUT2D eigenvalue weighted by atomic mass is 10.1. The molecule has 17 heavy (non-hydrogen) atoms. The molecular formula is C11H13N3O2S. The molecule has 0 saturated carbocycles. The molecule has 1 aliphatic rings. The van der Waals surface area contributed by atoms with Gasteiger partial charge < -0.3 is 11.1 Å². The van der Waals surface area contributed by atoms with Crippen LogP contribution in [0.4, 0.5) is 0 Å². The van der Waals surface area contributed by atoms with Gasteiger partial charge >= 0.3 is 0 Å². The number of carbonyl (C=O) groups excluding carboxylic acids is 2. The molecular weight excluding hydrogens is 238 g/mol. The summed E-state index contributed by atoms with van der Waals surface area (Å²) >= 11 is 1.53. The van der Waals surface area contributed by atoms with Crippen molar-refractivity contribution >= 4 is 29.1 Å². The Bertz CT molecular complexity index is 479. The molecule has 1 amide bonds. The second kappa shape index (κ2) is 5.20. The topological polar surface area (TPSA) is 85.1 Å². The average molecular weight is 251 g/mol. The lowest BCUT2D eigenvalue weighted by molar-refractivity contribution is -0.119. The molecule has 1 heterocycles. The van der Waals surface area contributed by atoms with Crippen molar-refractivity contribution in [1.82, 2.24) is 10.3 Å². The van der Waals surface area contributed by atoms with Crippen LogP contribution in [-0.4, -0.2) is 29.8 Å². The van der Waals surface area contributed by atoms with Gasteiger partial charge in [0, 0.05) is 24.3 Å². The first-order valence-electron chi connectivity index (χ1n) is 5.35. The summed E-state index contributed by atoms with van der Waals surface area (Å²) in [7, 11) is 0. The molecule has 1 aromatic heterocycles. The van der Waals surface area contributed by atoms with Crippen molar-refractivity contribution in [2.75, 3.05) is 13.1 Å². The van der Waals surface area contributed by atoms with Gasteiger partial charge in [-0.15, -0.1) is 11.3 Å². The third-order valence-corrected chi connectivity index (χ3v) is 3.51. The normalized spacial score (nSPS) is 13.6. The molecule has 3 N–H and O–H groups in total. The molecule has 90 valence electrons. The molecule has 1 aliphatic carbocycles. The summed E-state index contributed by atoms with van der Waals surface area (Å²) in [6.07, 6.45) is 4.42. The predicted molar refractivity (Wildman–Crippen MR) is 65.6 cm³/mol. The maximum Gasteiger partial charge on any atom is 0.233 e. The summed E-state index contributed by atoms with van der Waals surface area (Å²) in [6.45, 7) is 0.533. The zero-order chi connectivity index (χ0) is 12.3. The third-order valence-electron chi connectivity index (χ3n) is 2.38. The predicted octanol–water partition coefficient (Wildman–Crippen LogP) is -0.101. The van der Waals surface area contributed by atoms with Crippen LogP contribution in [0.5, 0.6) is 0 Å². The highest BCUT2D eigenvalue weighted by Crippen LogP contribution is 2.24. The van der Waals surface area contributed by atoms with Crippen LogP contribution >= 0.6 is 11.3 Å². The quantitative estimate of drug-likeness (QED) is 0.782. The van der Waals surface area contributed by atoms with Gasteiger partial charge in [0.1, 0.15) is 0 Å². The second-order valence-corrected chi connectivity index (χ2v) is 4.86. The summed E-state index contributed by atoms with van der Waals surface area (Å²) in [5, 5.41) is 3.62. The van der Waals surface area contributed by atoms with E-state index in [-0.39, 0.29) is 18.2 Å². The van der Waals surface area contributed by atoms with Gasteiger partial charge in [-0.2, -0.15) is 0 Å². The summed E-state index contributed by atoms with van der Waals surface area (Å²) in [5.41, 5.74) is 6.06.